The largest absolute Gasteiger partial charge is 0.467 e. The minimum atomic E-state index is 0.325. The predicted octanol–water partition coefficient (Wildman–Crippen LogP) is 1.52. The van der Waals surface area contributed by atoms with Crippen molar-refractivity contribution in [3.8, 4) is 6.01 Å². The van der Waals surface area contributed by atoms with Crippen LogP contribution < -0.4 is 15.4 Å². The molecule has 2 N–H and O–H groups in total. The SMILES string of the molecule is CNc1nc(NCC2(C)CCC2)nc(OC)n1. The van der Waals surface area contributed by atoms with E-state index in [0.29, 0.717) is 23.3 Å². The Balaban J connectivity index is 2.03. The van der Waals surface area contributed by atoms with Gasteiger partial charge in [-0.15, -0.1) is 0 Å². The van der Waals surface area contributed by atoms with E-state index in [1.165, 1.54) is 19.3 Å². The van der Waals surface area contributed by atoms with Gasteiger partial charge < -0.3 is 15.4 Å². The number of nitrogens with one attached hydrogen (secondary N) is 2. The van der Waals surface area contributed by atoms with E-state index in [2.05, 4.69) is 32.5 Å². The van der Waals surface area contributed by atoms with Crippen LogP contribution in [0, 0.1) is 5.41 Å². The van der Waals surface area contributed by atoms with Gasteiger partial charge in [-0.05, 0) is 18.3 Å². The molecule has 6 heteroatoms. The van der Waals surface area contributed by atoms with Crippen molar-refractivity contribution >= 4 is 11.9 Å². The van der Waals surface area contributed by atoms with E-state index in [1.807, 2.05) is 0 Å². The van der Waals surface area contributed by atoms with Gasteiger partial charge in [0.05, 0.1) is 7.11 Å². The second kappa shape index (κ2) is 4.73. The monoisotopic (exact) mass is 237 g/mol. The number of hydrogen-bond donors (Lipinski definition) is 2. The molecule has 0 amide bonds. The average Bonchev–Trinajstić information content (AvgIpc) is 2.33. The van der Waals surface area contributed by atoms with Crippen LogP contribution in [0.3, 0.4) is 0 Å². The molecule has 0 radical (unpaired) electrons. The van der Waals surface area contributed by atoms with E-state index in [9.17, 15) is 0 Å². The minimum Gasteiger partial charge on any atom is -0.467 e. The van der Waals surface area contributed by atoms with E-state index >= 15 is 0 Å². The number of anilines is 2. The lowest BCUT2D eigenvalue weighted by molar-refractivity contribution is 0.179. The highest BCUT2D eigenvalue weighted by molar-refractivity contribution is 5.35. The zero-order chi connectivity index (χ0) is 12.3. The Morgan fingerprint density at radius 1 is 1.24 bits per heavy atom. The third-order valence-corrected chi connectivity index (χ3v) is 3.26. The summed E-state index contributed by atoms with van der Waals surface area (Å²) >= 11 is 0. The minimum absolute atomic E-state index is 0.325. The highest BCUT2D eigenvalue weighted by atomic mass is 16.5. The molecule has 1 fully saturated rings. The molecule has 0 saturated heterocycles. The number of nitrogens with zero attached hydrogens (tertiary/aromatic N) is 3. The number of methoxy groups -OCH3 is 1. The first-order valence-electron chi connectivity index (χ1n) is 5.87. The summed E-state index contributed by atoms with van der Waals surface area (Å²) in [5.74, 6) is 1.08. The maximum absolute atomic E-state index is 5.03. The quantitative estimate of drug-likeness (QED) is 0.809. The standard InChI is InChI=1S/C11H19N5O/c1-11(5-4-6-11)7-13-9-14-8(12-2)15-10(16-9)17-3/h4-7H2,1-3H3,(H2,12,13,14,15,16). The summed E-state index contributed by atoms with van der Waals surface area (Å²) in [5.41, 5.74) is 0.389. The van der Waals surface area contributed by atoms with Crippen LogP contribution >= 0.6 is 0 Å². The fourth-order valence-corrected chi connectivity index (χ4v) is 1.89. The summed E-state index contributed by atoms with van der Waals surface area (Å²) < 4.78 is 5.03. The highest BCUT2D eigenvalue weighted by Gasteiger charge is 2.31. The molecule has 94 valence electrons. The third kappa shape index (κ3) is 2.75. The Hall–Kier alpha value is -1.59. The summed E-state index contributed by atoms with van der Waals surface area (Å²) in [6, 6.07) is 0.325. The molecule has 0 unspecified atom stereocenters. The van der Waals surface area contributed by atoms with Crippen LogP contribution in [0.5, 0.6) is 6.01 Å². The topological polar surface area (TPSA) is 72.0 Å². The molecule has 1 heterocycles. The van der Waals surface area contributed by atoms with E-state index in [-0.39, 0.29) is 0 Å². The molecular weight excluding hydrogens is 218 g/mol. The van der Waals surface area contributed by atoms with Gasteiger partial charge in [0, 0.05) is 13.6 Å². The molecule has 1 aliphatic carbocycles. The molecule has 1 aromatic rings. The van der Waals surface area contributed by atoms with Crippen LogP contribution in [-0.2, 0) is 0 Å². The second-order valence-corrected chi connectivity index (χ2v) is 4.74. The van der Waals surface area contributed by atoms with Gasteiger partial charge in [0.1, 0.15) is 0 Å². The van der Waals surface area contributed by atoms with Gasteiger partial charge in [-0.1, -0.05) is 13.3 Å². The first-order valence-corrected chi connectivity index (χ1v) is 5.87. The van der Waals surface area contributed by atoms with Crippen molar-refractivity contribution in [3.05, 3.63) is 0 Å². The lowest BCUT2D eigenvalue weighted by Gasteiger charge is -2.38. The Labute approximate surface area is 101 Å². The van der Waals surface area contributed by atoms with Gasteiger partial charge in [-0.3, -0.25) is 0 Å². The predicted molar refractivity (Wildman–Crippen MR) is 66.4 cm³/mol. The van der Waals surface area contributed by atoms with Gasteiger partial charge in [0.25, 0.3) is 0 Å². The van der Waals surface area contributed by atoms with Gasteiger partial charge in [-0.25, -0.2) is 0 Å². The van der Waals surface area contributed by atoms with Gasteiger partial charge >= 0.3 is 6.01 Å². The number of aromatic nitrogens is 3. The van der Waals surface area contributed by atoms with Crippen LogP contribution in [0.25, 0.3) is 0 Å². The van der Waals surface area contributed by atoms with Crippen LogP contribution in [0.15, 0.2) is 0 Å². The summed E-state index contributed by atoms with van der Waals surface area (Å²) in [4.78, 5) is 12.5. The van der Waals surface area contributed by atoms with Crippen LogP contribution in [0.1, 0.15) is 26.2 Å². The average molecular weight is 237 g/mol. The van der Waals surface area contributed by atoms with Crippen LogP contribution in [0.2, 0.25) is 0 Å². The number of hydrogen-bond acceptors (Lipinski definition) is 6. The van der Waals surface area contributed by atoms with E-state index in [0.717, 1.165) is 6.54 Å². The number of ether oxygens (including phenoxy) is 1. The van der Waals surface area contributed by atoms with Crippen LogP contribution in [0.4, 0.5) is 11.9 Å². The molecule has 17 heavy (non-hydrogen) atoms. The molecule has 2 rings (SSSR count). The zero-order valence-corrected chi connectivity index (χ0v) is 10.6. The zero-order valence-electron chi connectivity index (χ0n) is 10.6. The molecule has 6 nitrogen and oxygen atoms in total. The fourth-order valence-electron chi connectivity index (χ4n) is 1.89. The Bertz CT molecular complexity index is 369. The Kier molecular flexibility index (Phi) is 3.31. The molecule has 0 aromatic carbocycles. The molecule has 1 aromatic heterocycles. The van der Waals surface area contributed by atoms with Crippen molar-refractivity contribution in [2.75, 3.05) is 31.3 Å². The molecular formula is C11H19N5O. The first-order chi connectivity index (χ1) is 8.15. The summed E-state index contributed by atoms with van der Waals surface area (Å²) in [6.07, 6.45) is 3.85. The van der Waals surface area contributed by atoms with Crippen molar-refractivity contribution in [3.63, 3.8) is 0 Å². The molecule has 0 bridgehead atoms. The van der Waals surface area contributed by atoms with Gasteiger partial charge in [-0.2, -0.15) is 15.0 Å². The normalized spacial score (nSPS) is 17.1. The molecule has 1 aliphatic rings. The van der Waals surface area contributed by atoms with Crippen LogP contribution in [-0.4, -0.2) is 35.7 Å². The molecule has 1 saturated carbocycles. The Morgan fingerprint density at radius 3 is 2.47 bits per heavy atom. The maximum atomic E-state index is 5.03. The van der Waals surface area contributed by atoms with E-state index in [1.54, 1.807) is 14.2 Å². The van der Waals surface area contributed by atoms with Crippen molar-refractivity contribution in [2.24, 2.45) is 5.41 Å². The van der Waals surface area contributed by atoms with Crippen molar-refractivity contribution in [1.29, 1.82) is 0 Å². The summed E-state index contributed by atoms with van der Waals surface area (Å²) in [5, 5.41) is 6.14. The summed E-state index contributed by atoms with van der Waals surface area (Å²) in [7, 11) is 3.32. The second-order valence-electron chi connectivity index (χ2n) is 4.74. The number of rotatable bonds is 5. The van der Waals surface area contributed by atoms with Crippen molar-refractivity contribution in [1.82, 2.24) is 15.0 Å². The molecule has 0 aliphatic heterocycles. The Morgan fingerprint density at radius 2 is 1.94 bits per heavy atom. The molecule has 0 atom stereocenters. The lowest BCUT2D eigenvalue weighted by Crippen LogP contribution is -2.33. The van der Waals surface area contributed by atoms with Gasteiger partial charge in [0.15, 0.2) is 0 Å². The third-order valence-electron chi connectivity index (χ3n) is 3.26. The van der Waals surface area contributed by atoms with E-state index < -0.39 is 0 Å². The lowest BCUT2D eigenvalue weighted by atomic mass is 9.70. The van der Waals surface area contributed by atoms with Gasteiger partial charge in [0.2, 0.25) is 11.9 Å². The summed E-state index contributed by atoms with van der Waals surface area (Å²) in [6.45, 7) is 3.17. The maximum Gasteiger partial charge on any atom is 0.322 e. The first kappa shape index (κ1) is 11.9. The van der Waals surface area contributed by atoms with E-state index in [4.69, 9.17) is 4.74 Å². The fraction of sp³-hybridized carbons (Fsp3) is 0.727. The molecule has 0 spiro atoms. The van der Waals surface area contributed by atoms with Crippen molar-refractivity contribution in [2.45, 2.75) is 26.2 Å². The smallest absolute Gasteiger partial charge is 0.322 e. The van der Waals surface area contributed by atoms with Crippen molar-refractivity contribution < 1.29 is 4.74 Å². The highest BCUT2D eigenvalue weighted by Crippen LogP contribution is 2.40.